The first kappa shape index (κ1) is 17.3. The van der Waals surface area contributed by atoms with Gasteiger partial charge in [0.25, 0.3) is 0 Å². The number of methoxy groups -OCH3 is 1. The SMILES string of the molecule is COC(=O)CC[C@]12[C@@H]3CCC[C@@]34CC[C@@H]3CN4[C@@H]1C(C(C)C)=CC[C@@]32C. The van der Waals surface area contributed by atoms with Crippen LogP contribution in [0.4, 0.5) is 0 Å². The number of esters is 1. The van der Waals surface area contributed by atoms with Crippen LogP contribution in [0.5, 0.6) is 0 Å². The lowest BCUT2D eigenvalue weighted by molar-refractivity contribution is -0.147. The van der Waals surface area contributed by atoms with Crippen molar-refractivity contribution >= 4 is 5.97 Å². The Hall–Kier alpha value is -0.830. The van der Waals surface area contributed by atoms with E-state index in [1.807, 2.05) is 0 Å². The molecule has 1 saturated carbocycles. The molecular formula is C23H35NO2. The van der Waals surface area contributed by atoms with Crippen LogP contribution in [-0.2, 0) is 9.53 Å². The molecule has 5 aliphatic rings. The highest BCUT2D eigenvalue weighted by atomic mass is 16.5. The van der Waals surface area contributed by atoms with E-state index >= 15 is 0 Å². The van der Waals surface area contributed by atoms with Gasteiger partial charge in [0.2, 0.25) is 0 Å². The summed E-state index contributed by atoms with van der Waals surface area (Å²) in [5.74, 6) is 2.18. The number of ether oxygens (including phenoxy) is 1. The third-order valence-corrected chi connectivity index (χ3v) is 9.77. The third kappa shape index (κ3) is 1.73. The van der Waals surface area contributed by atoms with Crippen molar-refractivity contribution in [3.63, 3.8) is 0 Å². The predicted molar refractivity (Wildman–Crippen MR) is 103 cm³/mol. The number of carbonyl (C=O) groups excluding carboxylic acids is 1. The Bertz CT molecular complexity index is 669. The molecule has 1 spiro atoms. The number of hydrogen-bond donors (Lipinski definition) is 0. The molecule has 5 rings (SSSR count). The van der Waals surface area contributed by atoms with Crippen molar-refractivity contribution in [2.45, 2.75) is 83.7 Å². The van der Waals surface area contributed by atoms with Gasteiger partial charge in [-0.3, -0.25) is 9.69 Å². The fourth-order valence-corrected chi connectivity index (χ4v) is 8.79. The minimum absolute atomic E-state index is 0.0143. The van der Waals surface area contributed by atoms with Crippen LogP contribution in [0, 0.1) is 28.6 Å². The quantitative estimate of drug-likeness (QED) is 0.545. The van der Waals surface area contributed by atoms with Crippen LogP contribution in [0.1, 0.15) is 72.1 Å². The van der Waals surface area contributed by atoms with Crippen LogP contribution in [0.25, 0.3) is 0 Å². The second kappa shape index (κ2) is 5.37. The molecule has 26 heavy (non-hydrogen) atoms. The van der Waals surface area contributed by atoms with Gasteiger partial charge in [-0.15, -0.1) is 0 Å². The molecule has 144 valence electrons. The van der Waals surface area contributed by atoms with Crippen molar-refractivity contribution < 1.29 is 9.53 Å². The number of rotatable bonds is 4. The van der Waals surface area contributed by atoms with E-state index in [0.717, 1.165) is 18.3 Å². The van der Waals surface area contributed by atoms with E-state index < -0.39 is 0 Å². The normalized spacial score (nSPS) is 50.7. The highest BCUT2D eigenvalue weighted by Crippen LogP contribution is 2.78. The lowest BCUT2D eigenvalue weighted by Gasteiger charge is -2.64. The van der Waals surface area contributed by atoms with Gasteiger partial charge in [-0.2, -0.15) is 0 Å². The van der Waals surface area contributed by atoms with Gasteiger partial charge in [-0.1, -0.05) is 38.8 Å². The van der Waals surface area contributed by atoms with E-state index in [9.17, 15) is 4.79 Å². The molecular weight excluding hydrogens is 322 g/mol. The van der Waals surface area contributed by atoms with Gasteiger partial charge < -0.3 is 4.74 Å². The molecule has 7 atom stereocenters. The summed E-state index contributed by atoms with van der Waals surface area (Å²) in [4.78, 5) is 15.2. The summed E-state index contributed by atoms with van der Waals surface area (Å²) in [5, 5.41) is 0. The molecule has 0 radical (unpaired) electrons. The lowest BCUT2D eigenvalue weighted by atomic mass is 9.44. The van der Waals surface area contributed by atoms with Crippen molar-refractivity contribution in [1.82, 2.24) is 4.90 Å². The number of piperidine rings is 2. The van der Waals surface area contributed by atoms with Crippen LogP contribution in [-0.4, -0.2) is 36.1 Å². The molecule has 3 saturated heterocycles. The molecule has 0 N–H and O–H groups in total. The first-order valence-corrected chi connectivity index (χ1v) is 10.9. The van der Waals surface area contributed by atoms with Crippen molar-refractivity contribution in [3.8, 4) is 0 Å². The molecule has 3 heterocycles. The highest BCUT2D eigenvalue weighted by molar-refractivity contribution is 5.69. The largest absolute Gasteiger partial charge is 0.469 e. The minimum Gasteiger partial charge on any atom is -0.469 e. The summed E-state index contributed by atoms with van der Waals surface area (Å²) in [5.41, 5.74) is 2.76. The first-order valence-electron chi connectivity index (χ1n) is 10.9. The molecule has 1 unspecified atom stereocenters. The Labute approximate surface area is 158 Å². The van der Waals surface area contributed by atoms with Crippen molar-refractivity contribution in [2.75, 3.05) is 13.7 Å². The van der Waals surface area contributed by atoms with E-state index in [0.29, 0.717) is 29.3 Å². The lowest BCUT2D eigenvalue weighted by Crippen LogP contribution is -2.65. The summed E-state index contributed by atoms with van der Waals surface area (Å²) in [7, 11) is 1.55. The zero-order valence-electron chi connectivity index (χ0n) is 17.0. The van der Waals surface area contributed by atoms with Crippen molar-refractivity contribution in [2.24, 2.45) is 28.6 Å². The molecule has 2 aliphatic carbocycles. The zero-order chi connectivity index (χ0) is 18.3. The molecule has 5 bridgehead atoms. The van der Waals surface area contributed by atoms with E-state index in [1.165, 1.54) is 45.1 Å². The van der Waals surface area contributed by atoms with Crippen LogP contribution in [0.3, 0.4) is 0 Å². The monoisotopic (exact) mass is 357 g/mol. The van der Waals surface area contributed by atoms with Gasteiger partial charge >= 0.3 is 5.97 Å². The summed E-state index contributed by atoms with van der Waals surface area (Å²) in [6.07, 6.45) is 12.4. The second-order valence-electron chi connectivity index (χ2n) is 10.4. The molecule has 3 aliphatic heterocycles. The van der Waals surface area contributed by atoms with Gasteiger partial charge in [-0.25, -0.2) is 0 Å². The number of nitrogens with zero attached hydrogens (tertiary/aromatic N) is 1. The summed E-state index contributed by atoms with van der Waals surface area (Å²) in [6.45, 7) is 8.67. The average molecular weight is 358 g/mol. The Morgan fingerprint density at radius 1 is 1.35 bits per heavy atom. The Kier molecular flexibility index (Phi) is 3.57. The maximum absolute atomic E-state index is 12.2. The topological polar surface area (TPSA) is 29.5 Å². The Balaban J connectivity index is 1.70. The van der Waals surface area contributed by atoms with Crippen molar-refractivity contribution in [3.05, 3.63) is 11.6 Å². The zero-order valence-corrected chi connectivity index (χ0v) is 17.0. The average Bonchev–Trinajstić information content (AvgIpc) is 3.09. The maximum Gasteiger partial charge on any atom is 0.305 e. The maximum atomic E-state index is 12.2. The fraction of sp³-hybridized carbons (Fsp3) is 0.870. The van der Waals surface area contributed by atoms with Gasteiger partial charge in [0.1, 0.15) is 0 Å². The van der Waals surface area contributed by atoms with Gasteiger partial charge in [0.05, 0.1) is 7.11 Å². The first-order chi connectivity index (χ1) is 12.4. The number of fused-ring (bicyclic) bond motifs is 2. The van der Waals surface area contributed by atoms with Crippen LogP contribution in [0.2, 0.25) is 0 Å². The van der Waals surface area contributed by atoms with Gasteiger partial charge in [-0.05, 0) is 61.7 Å². The van der Waals surface area contributed by atoms with E-state index in [1.54, 1.807) is 12.7 Å². The van der Waals surface area contributed by atoms with Crippen LogP contribution >= 0.6 is 0 Å². The van der Waals surface area contributed by atoms with Gasteiger partial charge in [0, 0.05) is 30.0 Å². The van der Waals surface area contributed by atoms with Crippen molar-refractivity contribution in [1.29, 1.82) is 0 Å². The van der Waals surface area contributed by atoms with Gasteiger partial charge in [0.15, 0.2) is 0 Å². The smallest absolute Gasteiger partial charge is 0.305 e. The minimum atomic E-state index is -0.0143. The summed E-state index contributed by atoms with van der Waals surface area (Å²) in [6, 6.07) is 0.577. The highest BCUT2D eigenvalue weighted by Gasteiger charge is 2.78. The fourth-order valence-electron chi connectivity index (χ4n) is 8.79. The molecule has 0 aromatic heterocycles. The molecule has 0 aromatic carbocycles. The number of hydrogen-bond acceptors (Lipinski definition) is 3. The standard InChI is InChI=1S/C23H35NO2/c1-15(2)17-8-11-21(3)16-7-12-22-10-5-6-18(22)23(21,13-9-19(25)26-4)20(17)24(22)14-16/h8,15-16,18,20H,5-7,9-14H2,1-4H3/t16-,18-,20-,21+,22-,23+/m1/s1. The van der Waals surface area contributed by atoms with Crippen LogP contribution in [0.15, 0.2) is 11.6 Å². The second-order valence-corrected chi connectivity index (χ2v) is 10.4. The summed E-state index contributed by atoms with van der Waals surface area (Å²) >= 11 is 0. The third-order valence-electron chi connectivity index (χ3n) is 9.77. The van der Waals surface area contributed by atoms with Crippen LogP contribution < -0.4 is 0 Å². The predicted octanol–water partition coefficient (Wildman–Crippen LogP) is 4.57. The Morgan fingerprint density at radius 3 is 2.88 bits per heavy atom. The number of carbonyl (C=O) groups is 1. The molecule has 4 fully saturated rings. The molecule has 3 heteroatoms. The van der Waals surface area contributed by atoms with E-state index in [4.69, 9.17) is 4.74 Å². The molecule has 0 amide bonds. The molecule has 0 aromatic rings. The van der Waals surface area contributed by atoms with E-state index in [-0.39, 0.29) is 11.4 Å². The Morgan fingerprint density at radius 2 is 2.15 bits per heavy atom. The molecule has 3 nitrogen and oxygen atoms in total. The number of allylic oxidation sites excluding steroid dienone is 1. The van der Waals surface area contributed by atoms with E-state index in [2.05, 4.69) is 31.7 Å². The summed E-state index contributed by atoms with van der Waals surface area (Å²) < 4.78 is 5.09.